The third-order valence-electron chi connectivity index (χ3n) is 3.42. The van der Waals surface area contributed by atoms with E-state index in [1.54, 1.807) is 24.3 Å². The van der Waals surface area contributed by atoms with Crippen molar-refractivity contribution in [3.8, 4) is 17.5 Å². The van der Waals surface area contributed by atoms with Crippen LogP contribution in [0.25, 0.3) is 16.7 Å². The zero-order valence-corrected chi connectivity index (χ0v) is 14.0. The maximum atomic E-state index is 8.85. The second-order valence-electron chi connectivity index (χ2n) is 5.22. The van der Waals surface area contributed by atoms with Gasteiger partial charge in [-0.15, -0.1) is 10.2 Å². The lowest BCUT2D eigenvalue weighted by molar-refractivity contribution is 0.340. The Morgan fingerprint density at radius 1 is 1.27 bits per heavy atom. The number of ether oxygens (including phenoxy) is 1. The van der Waals surface area contributed by atoms with Gasteiger partial charge in [0.25, 0.3) is 0 Å². The summed E-state index contributed by atoms with van der Waals surface area (Å²) in [5.41, 5.74) is 10.5. The fourth-order valence-electron chi connectivity index (χ4n) is 2.21. The molecule has 0 bridgehead atoms. The lowest BCUT2D eigenvalue weighted by Crippen LogP contribution is -2.21. The van der Waals surface area contributed by atoms with Crippen LogP contribution in [0.4, 0.5) is 5.69 Å². The minimum absolute atomic E-state index is 0.192. The van der Waals surface area contributed by atoms with Crippen molar-refractivity contribution in [2.24, 2.45) is 10.8 Å². The van der Waals surface area contributed by atoms with Gasteiger partial charge in [0.2, 0.25) is 5.71 Å². The molecule has 0 aliphatic carbocycles. The zero-order valence-electron chi connectivity index (χ0n) is 14.0. The number of rotatable bonds is 6. The van der Waals surface area contributed by atoms with Gasteiger partial charge in [-0.3, -0.25) is 10.8 Å². The lowest BCUT2D eigenvalue weighted by atomic mass is 10.3. The molecule has 26 heavy (non-hydrogen) atoms. The van der Waals surface area contributed by atoms with Gasteiger partial charge in [-0.25, -0.2) is 0 Å². The molecule has 130 valence electrons. The summed E-state index contributed by atoms with van der Waals surface area (Å²) in [6.07, 6.45) is 0. The van der Waals surface area contributed by atoms with Crippen LogP contribution < -0.4 is 15.9 Å². The van der Waals surface area contributed by atoms with E-state index < -0.39 is 5.84 Å². The summed E-state index contributed by atoms with van der Waals surface area (Å²) in [5.74, 6) is 0.388. The average molecular weight is 348 g/mol. The van der Waals surface area contributed by atoms with E-state index >= 15 is 0 Å². The van der Waals surface area contributed by atoms with Crippen LogP contribution in [0.2, 0.25) is 0 Å². The molecule has 0 fully saturated rings. The highest BCUT2D eigenvalue weighted by Crippen LogP contribution is 2.19. The van der Waals surface area contributed by atoms with Gasteiger partial charge in [-0.1, -0.05) is 0 Å². The van der Waals surface area contributed by atoms with E-state index in [2.05, 4.69) is 20.7 Å². The van der Waals surface area contributed by atoms with E-state index in [4.69, 9.17) is 21.1 Å². The largest absolute Gasteiger partial charge is 0.494 e. The first-order chi connectivity index (χ1) is 12.6. The first-order valence-corrected chi connectivity index (χ1v) is 7.79. The molecule has 0 radical (unpaired) electrons. The predicted octanol–water partition coefficient (Wildman–Crippen LogP) is 2.05. The van der Waals surface area contributed by atoms with E-state index in [1.807, 2.05) is 31.2 Å². The Balaban J connectivity index is 1.85. The van der Waals surface area contributed by atoms with Crippen molar-refractivity contribution in [3.63, 3.8) is 0 Å². The molecule has 3 rings (SSSR count). The quantitative estimate of drug-likeness (QED) is 0.354. The smallest absolute Gasteiger partial charge is 0.201 e. The highest BCUT2D eigenvalue weighted by Gasteiger charge is 2.07. The van der Waals surface area contributed by atoms with Gasteiger partial charge < -0.3 is 10.5 Å². The fraction of sp³-hybridized carbons (Fsp3) is 0.118. The first kappa shape index (κ1) is 16.9. The molecule has 2 aromatic carbocycles. The van der Waals surface area contributed by atoms with Crippen LogP contribution in [0.3, 0.4) is 0 Å². The Morgan fingerprint density at radius 3 is 2.65 bits per heavy atom. The Kier molecular flexibility index (Phi) is 4.76. The van der Waals surface area contributed by atoms with Crippen molar-refractivity contribution in [2.75, 3.05) is 12.0 Å². The van der Waals surface area contributed by atoms with E-state index in [1.165, 1.54) is 4.80 Å². The van der Waals surface area contributed by atoms with E-state index in [9.17, 15) is 0 Å². The summed E-state index contributed by atoms with van der Waals surface area (Å²) < 4.78 is 5.43. The van der Waals surface area contributed by atoms with Gasteiger partial charge >= 0.3 is 0 Å². The highest BCUT2D eigenvalue weighted by atomic mass is 16.5. The zero-order chi connectivity index (χ0) is 18.5. The Morgan fingerprint density at radius 2 is 2.00 bits per heavy atom. The van der Waals surface area contributed by atoms with Gasteiger partial charge in [0, 0.05) is 0 Å². The van der Waals surface area contributed by atoms with E-state index in [-0.39, 0.29) is 5.71 Å². The van der Waals surface area contributed by atoms with Crippen LogP contribution in [0, 0.1) is 16.7 Å². The van der Waals surface area contributed by atoms with E-state index in [0.717, 1.165) is 11.4 Å². The molecule has 9 heteroatoms. The fourth-order valence-corrected chi connectivity index (χ4v) is 2.21. The molecule has 0 atom stereocenters. The number of nitrogens with one attached hydrogen (secondary N) is 2. The number of nitrogens with zero attached hydrogens (tertiary/aromatic N) is 5. The number of fused-ring (bicyclic) bond motifs is 1. The number of hydrogen-bond donors (Lipinski definition) is 3. The molecule has 1 aromatic heterocycles. The standard InChI is InChI=1S/C17H16N8O/c1-2-26-13-6-4-12(5-7-13)25-23-14-8-3-11(9-15(14)24-25)21-22-16(10-18)17(19)20/h3-9,21H,2H2,1H3,(H3,19,20)/b22-16+. The lowest BCUT2D eigenvalue weighted by Gasteiger charge is -2.03. The maximum absolute atomic E-state index is 8.85. The van der Waals surface area contributed by atoms with Gasteiger partial charge in [0.1, 0.15) is 22.9 Å². The van der Waals surface area contributed by atoms with E-state index in [0.29, 0.717) is 23.3 Å². The van der Waals surface area contributed by atoms with Gasteiger partial charge in [0.05, 0.1) is 18.0 Å². The van der Waals surface area contributed by atoms with Crippen LogP contribution in [0.5, 0.6) is 5.75 Å². The normalized spacial score (nSPS) is 11.2. The van der Waals surface area contributed by atoms with Crippen LogP contribution in [0.1, 0.15) is 6.92 Å². The molecular formula is C17H16N8O. The number of nitriles is 1. The first-order valence-electron chi connectivity index (χ1n) is 7.79. The summed E-state index contributed by atoms with van der Waals surface area (Å²) in [5, 5.41) is 28.8. The molecule has 0 amide bonds. The molecule has 1 heterocycles. The minimum Gasteiger partial charge on any atom is -0.494 e. The van der Waals surface area contributed by atoms with Crippen LogP contribution in [-0.2, 0) is 0 Å². The summed E-state index contributed by atoms with van der Waals surface area (Å²) >= 11 is 0. The highest BCUT2D eigenvalue weighted by molar-refractivity contribution is 6.45. The molecule has 0 aliphatic heterocycles. The summed E-state index contributed by atoms with van der Waals surface area (Å²) in [6, 6.07) is 14.5. The number of aromatic nitrogens is 3. The van der Waals surface area contributed by atoms with Gasteiger partial charge in [-0.2, -0.15) is 15.2 Å². The topological polar surface area (TPSA) is 138 Å². The molecule has 9 nitrogen and oxygen atoms in total. The Bertz CT molecular complexity index is 1010. The van der Waals surface area contributed by atoms with Crippen molar-refractivity contribution < 1.29 is 4.74 Å². The Labute approximate surface area is 149 Å². The predicted molar refractivity (Wildman–Crippen MR) is 98.6 cm³/mol. The van der Waals surface area contributed by atoms with Crippen molar-refractivity contribution in [2.45, 2.75) is 6.92 Å². The van der Waals surface area contributed by atoms with Crippen LogP contribution >= 0.6 is 0 Å². The van der Waals surface area contributed by atoms with Crippen molar-refractivity contribution >= 4 is 28.3 Å². The number of hydrazone groups is 1. The summed E-state index contributed by atoms with van der Waals surface area (Å²) in [4.78, 5) is 1.53. The molecule has 0 aliphatic rings. The summed E-state index contributed by atoms with van der Waals surface area (Å²) in [7, 11) is 0. The number of amidine groups is 1. The number of hydrogen-bond acceptors (Lipinski definition) is 7. The Hall–Kier alpha value is -3.93. The van der Waals surface area contributed by atoms with Crippen molar-refractivity contribution in [1.82, 2.24) is 15.0 Å². The molecule has 0 spiro atoms. The number of benzene rings is 2. The molecule has 3 aromatic rings. The molecular weight excluding hydrogens is 332 g/mol. The van der Waals surface area contributed by atoms with Gasteiger partial charge in [0.15, 0.2) is 5.84 Å². The SMILES string of the molecule is CCOc1ccc(-n2nc3ccc(N/N=C(\C#N)C(=N)N)cc3n2)cc1. The minimum atomic E-state index is -0.400. The maximum Gasteiger partial charge on any atom is 0.201 e. The van der Waals surface area contributed by atoms with Crippen molar-refractivity contribution in [3.05, 3.63) is 42.5 Å². The molecule has 0 saturated carbocycles. The summed E-state index contributed by atoms with van der Waals surface area (Å²) in [6.45, 7) is 2.54. The number of nitrogens with two attached hydrogens (primary N) is 1. The molecule has 4 N–H and O–H groups in total. The monoisotopic (exact) mass is 348 g/mol. The van der Waals surface area contributed by atoms with Crippen LogP contribution in [0.15, 0.2) is 47.6 Å². The number of anilines is 1. The molecule has 0 unspecified atom stereocenters. The second-order valence-corrected chi connectivity index (χ2v) is 5.22. The van der Waals surface area contributed by atoms with Crippen molar-refractivity contribution in [1.29, 1.82) is 10.7 Å². The third kappa shape index (κ3) is 3.59. The third-order valence-corrected chi connectivity index (χ3v) is 3.42. The van der Waals surface area contributed by atoms with Crippen LogP contribution in [-0.4, -0.2) is 33.1 Å². The van der Waals surface area contributed by atoms with Gasteiger partial charge in [-0.05, 0) is 49.4 Å². The average Bonchev–Trinajstić information content (AvgIpc) is 3.06. The second kappa shape index (κ2) is 7.31. The molecule has 0 saturated heterocycles.